The monoisotopic (exact) mass is 385 g/mol. The highest BCUT2D eigenvalue weighted by Gasteiger charge is 2.21. The summed E-state index contributed by atoms with van der Waals surface area (Å²) < 4.78 is 14.3. The highest BCUT2D eigenvalue weighted by molar-refractivity contribution is 7.22. The smallest absolute Gasteiger partial charge is 0.260 e. The molecule has 0 aliphatic rings. The van der Waals surface area contributed by atoms with Gasteiger partial charge in [-0.3, -0.25) is 9.69 Å². The van der Waals surface area contributed by atoms with Crippen LogP contribution in [0.3, 0.4) is 0 Å². The Hall–Kier alpha value is -2.31. The van der Waals surface area contributed by atoms with Gasteiger partial charge in [-0.1, -0.05) is 11.3 Å². The zero-order chi connectivity index (χ0) is 19.6. The van der Waals surface area contributed by atoms with Crippen LogP contribution in [0.25, 0.3) is 10.2 Å². The summed E-state index contributed by atoms with van der Waals surface area (Å²) in [5.41, 5.74) is 3.76. The Morgan fingerprint density at radius 2 is 1.74 bits per heavy atom. The van der Waals surface area contributed by atoms with Gasteiger partial charge in [0.05, 0.1) is 10.2 Å². The lowest BCUT2D eigenvalue weighted by atomic mass is 10.1. The second kappa shape index (κ2) is 8.15. The zero-order valence-electron chi connectivity index (χ0n) is 16.1. The second-order valence-electron chi connectivity index (χ2n) is 7.02. The minimum Gasteiger partial charge on any atom is -0.309 e. The van der Waals surface area contributed by atoms with Crippen LogP contribution in [0.2, 0.25) is 0 Å². The first-order valence-electron chi connectivity index (χ1n) is 8.95. The molecule has 142 valence electrons. The van der Waals surface area contributed by atoms with Gasteiger partial charge in [0.2, 0.25) is 0 Å². The average Bonchev–Trinajstić information content (AvgIpc) is 3.01. The van der Waals surface area contributed by atoms with E-state index in [0.29, 0.717) is 17.2 Å². The molecule has 6 heteroatoms. The summed E-state index contributed by atoms with van der Waals surface area (Å²) in [6.45, 7) is 5.57. The van der Waals surface area contributed by atoms with Crippen molar-refractivity contribution in [3.8, 4) is 0 Å². The van der Waals surface area contributed by atoms with Crippen LogP contribution in [-0.2, 0) is 0 Å². The summed E-state index contributed by atoms with van der Waals surface area (Å²) in [7, 11) is 4.02. The number of benzene rings is 2. The lowest BCUT2D eigenvalue weighted by molar-refractivity contribution is 0.0986. The van der Waals surface area contributed by atoms with Crippen LogP contribution < -0.4 is 4.90 Å². The number of thiazole rings is 1. The molecule has 0 saturated heterocycles. The summed E-state index contributed by atoms with van der Waals surface area (Å²) >= 11 is 1.52. The van der Waals surface area contributed by atoms with E-state index in [1.54, 1.807) is 4.90 Å². The molecule has 0 saturated carbocycles. The number of carbonyl (C=O) groups is 1. The molecular weight excluding hydrogens is 361 g/mol. The van der Waals surface area contributed by atoms with E-state index in [1.807, 2.05) is 14.1 Å². The third-order valence-corrected chi connectivity index (χ3v) is 5.59. The summed E-state index contributed by atoms with van der Waals surface area (Å²) in [5, 5.41) is 0.683. The predicted molar refractivity (Wildman–Crippen MR) is 110 cm³/mol. The zero-order valence-corrected chi connectivity index (χ0v) is 16.9. The summed E-state index contributed by atoms with van der Waals surface area (Å²) in [6.07, 6.45) is 0.827. The van der Waals surface area contributed by atoms with Gasteiger partial charge in [0.25, 0.3) is 5.91 Å². The molecule has 2 aromatic carbocycles. The van der Waals surface area contributed by atoms with E-state index in [0.717, 1.165) is 23.2 Å². The van der Waals surface area contributed by atoms with E-state index in [2.05, 4.69) is 30.9 Å². The van der Waals surface area contributed by atoms with Gasteiger partial charge >= 0.3 is 0 Å². The fraction of sp³-hybridized carbons (Fsp3) is 0.333. The van der Waals surface area contributed by atoms with Crippen LogP contribution in [0.1, 0.15) is 27.9 Å². The maximum atomic E-state index is 13.2. The lowest BCUT2D eigenvalue weighted by Crippen LogP contribution is -2.33. The Balaban J connectivity index is 1.95. The molecule has 0 aliphatic heterocycles. The van der Waals surface area contributed by atoms with Gasteiger partial charge < -0.3 is 4.90 Å². The maximum absolute atomic E-state index is 13.2. The van der Waals surface area contributed by atoms with Gasteiger partial charge in [0.1, 0.15) is 5.82 Å². The highest BCUT2D eigenvalue weighted by atomic mass is 32.1. The fourth-order valence-electron chi connectivity index (χ4n) is 2.86. The van der Waals surface area contributed by atoms with Crippen LogP contribution >= 0.6 is 11.3 Å². The largest absolute Gasteiger partial charge is 0.309 e. The van der Waals surface area contributed by atoms with Crippen molar-refractivity contribution in [2.75, 3.05) is 32.1 Å². The number of amides is 1. The Bertz CT molecular complexity index is 911. The van der Waals surface area contributed by atoms with E-state index < -0.39 is 0 Å². The summed E-state index contributed by atoms with van der Waals surface area (Å²) in [6, 6.07) is 9.86. The van der Waals surface area contributed by atoms with E-state index in [-0.39, 0.29) is 11.7 Å². The number of aromatic nitrogens is 1. The van der Waals surface area contributed by atoms with Crippen LogP contribution in [0.5, 0.6) is 0 Å². The Kier molecular flexibility index (Phi) is 5.87. The van der Waals surface area contributed by atoms with Crippen molar-refractivity contribution >= 4 is 32.6 Å². The van der Waals surface area contributed by atoms with E-state index in [9.17, 15) is 9.18 Å². The number of aryl methyl sites for hydroxylation is 2. The standard InChI is InChI=1S/C21H24FN3OS/c1-14-12-18-19(13-15(14)2)27-21(23-18)25(11-5-10-24(3)4)20(26)16-6-8-17(22)9-7-16/h6-9,12-13H,5,10-11H2,1-4H3. The van der Waals surface area contributed by atoms with E-state index >= 15 is 0 Å². The molecule has 1 amide bonds. The Morgan fingerprint density at radius 1 is 1.07 bits per heavy atom. The first kappa shape index (κ1) is 19.5. The Labute approximate surface area is 163 Å². The topological polar surface area (TPSA) is 36.4 Å². The van der Waals surface area contributed by atoms with Crippen molar-refractivity contribution in [1.29, 1.82) is 0 Å². The average molecular weight is 386 g/mol. The van der Waals surface area contributed by atoms with Gasteiger partial charge in [-0.2, -0.15) is 0 Å². The number of hydrogen-bond donors (Lipinski definition) is 0. The molecule has 0 fully saturated rings. The van der Waals surface area contributed by atoms with E-state index in [1.165, 1.54) is 46.7 Å². The third kappa shape index (κ3) is 4.51. The number of fused-ring (bicyclic) bond motifs is 1. The Morgan fingerprint density at radius 3 is 2.41 bits per heavy atom. The molecule has 3 rings (SSSR count). The van der Waals surface area contributed by atoms with Crippen molar-refractivity contribution in [2.24, 2.45) is 0 Å². The van der Waals surface area contributed by atoms with Crippen LogP contribution in [-0.4, -0.2) is 43.0 Å². The van der Waals surface area contributed by atoms with Crippen molar-refractivity contribution in [1.82, 2.24) is 9.88 Å². The van der Waals surface area contributed by atoms with Crippen molar-refractivity contribution in [2.45, 2.75) is 20.3 Å². The molecular formula is C21H24FN3OS. The fourth-order valence-corrected chi connectivity index (χ4v) is 3.93. The summed E-state index contributed by atoms with van der Waals surface area (Å²) in [4.78, 5) is 21.6. The maximum Gasteiger partial charge on any atom is 0.260 e. The number of rotatable bonds is 6. The third-order valence-electron chi connectivity index (χ3n) is 4.55. The molecule has 0 radical (unpaired) electrons. The lowest BCUT2D eigenvalue weighted by Gasteiger charge is -2.21. The van der Waals surface area contributed by atoms with Gasteiger partial charge in [-0.15, -0.1) is 0 Å². The first-order valence-corrected chi connectivity index (χ1v) is 9.77. The number of halogens is 1. The molecule has 0 atom stereocenters. The van der Waals surface area contributed by atoms with Gasteiger partial charge in [0, 0.05) is 12.1 Å². The van der Waals surface area contributed by atoms with Crippen LogP contribution in [0.15, 0.2) is 36.4 Å². The first-order chi connectivity index (χ1) is 12.8. The van der Waals surface area contributed by atoms with E-state index in [4.69, 9.17) is 4.98 Å². The molecule has 0 aliphatic carbocycles. The normalized spacial score (nSPS) is 11.3. The molecule has 3 aromatic rings. The summed E-state index contributed by atoms with van der Waals surface area (Å²) in [5.74, 6) is -0.502. The number of carbonyl (C=O) groups excluding carboxylic acids is 1. The highest BCUT2D eigenvalue weighted by Crippen LogP contribution is 2.31. The van der Waals surface area contributed by atoms with Gasteiger partial charge in [-0.05, 0) is 88.4 Å². The molecule has 0 unspecified atom stereocenters. The quantitative estimate of drug-likeness (QED) is 0.620. The van der Waals surface area contributed by atoms with Crippen LogP contribution in [0, 0.1) is 19.7 Å². The molecule has 0 N–H and O–H groups in total. The molecule has 0 spiro atoms. The van der Waals surface area contributed by atoms with Gasteiger partial charge in [-0.25, -0.2) is 9.37 Å². The second-order valence-corrected chi connectivity index (χ2v) is 8.03. The van der Waals surface area contributed by atoms with Crippen molar-refractivity contribution in [3.63, 3.8) is 0 Å². The molecule has 0 bridgehead atoms. The molecule has 1 aromatic heterocycles. The van der Waals surface area contributed by atoms with Crippen molar-refractivity contribution < 1.29 is 9.18 Å². The molecule has 4 nitrogen and oxygen atoms in total. The molecule has 1 heterocycles. The predicted octanol–water partition coefficient (Wildman–Crippen LogP) is 4.65. The van der Waals surface area contributed by atoms with Gasteiger partial charge in [0.15, 0.2) is 5.13 Å². The minimum absolute atomic E-state index is 0.152. The number of hydrogen-bond acceptors (Lipinski definition) is 4. The number of nitrogens with zero attached hydrogens (tertiary/aromatic N) is 3. The molecule has 27 heavy (non-hydrogen) atoms. The SMILES string of the molecule is Cc1cc2nc(N(CCCN(C)C)C(=O)c3ccc(F)cc3)sc2cc1C. The van der Waals surface area contributed by atoms with Crippen molar-refractivity contribution in [3.05, 3.63) is 58.9 Å². The minimum atomic E-state index is -0.350. The number of anilines is 1. The van der Waals surface area contributed by atoms with Crippen LogP contribution in [0.4, 0.5) is 9.52 Å².